The predicted octanol–water partition coefficient (Wildman–Crippen LogP) is 17.0. The van der Waals surface area contributed by atoms with Crippen molar-refractivity contribution in [1.29, 1.82) is 0 Å². The number of aryl methyl sites for hydroxylation is 3. The second kappa shape index (κ2) is 46.0. The van der Waals surface area contributed by atoms with Crippen molar-refractivity contribution >= 4 is 169 Å². The molecule has 3 unspecified atom stereocenters. The number of carbonyl (C=O) groups is 3. The van der Waals surface area contributed by atoms with E-state index in [9.17, 15) is 31.2 Å². The number of halogens is 2. The zero-order valence-corrected chi connectivity index (χ0v) is 85.6. The van der Waals surface area contributed by atoms with Crippen molar-refractivity contribution in [2.75, 3.05) is 46.2 Å². The van der Waals surface area contributed by atoms with E-state index in [-0.39, 0.29) is 71.3 Å². The first-order valence-electron chi connectivity index (χ1n) is 45.2. The van der Waals surface area contributed by atoms with Gasteiger partial charge < -0.3 is 41.4 Å². The fraction of sp³-hybridized carbons (Fsp3) is 0.553. The smallest absolute Gasteiger partial charge is 0.264 e. The van der Waals surface area contributed by atoms with Crippen LogP contribution >= 0.6 is 115 Å². The molecule has 7 N–H and O–H groups in total. The number of aromatic nitrogens is 6. The summed E-state index contributed by atoms with van der Waals surface area (Å²) in [5, 5.41) is 27.6. The molecule has 39 heteroatoms. The van der Waals surface area contributed by atoms with Gasteiger partial charge in [-0.25, -0.2) is 39.9 Å². The summed E-state index contributed by atoms with van der Waals surface area (Å²) in [5.41, 5.74) is 34.6. The van der Waals surface area contributed by atoms with E-state index in [0.29, 0.717) is 47.4 Å². The molecule has 133 heavy (non-hydrogen) atoms. The first-order valence-corrected chi connectivity index (χ1v) is 57.0. The number of nitrogens with two attached hydrogens (primary N) is 2. The number of methoxy groups -OCH3 is 3. The maximum atomic E-state index is 14.9. The molecule has 3 aliphatic heterocycles. The van der Waals surface area contributed by atoms with Gasteiger partial charge in [0.25, 0.3) is 38.0 Å². The highest BCUT2D eigenvalue weighted by molar-refractivity contribution is 8.13. The Morgan fingerprint density at radius 1 is 0.496 bits per heavy atom. The summed E-state index contributed by atoms with van der Waals surface area (Å²) in [6.07, 6.45) is 32.4. The number of nitrogens with zero attached hydrogens (tertiary/aromatic N) is 10. The summed E-state index contributed by atoms with van der Waals surface area (Å²) < 4.78 is 68.0. The molecular weight excluding hydrogens is 1920 g/mol. The summed E-state index contributed by atoms with van der Waals surface area (Å²) >= 11 is 25.6. The molecular formula is C94H120Cl2N14O13S10. The Morgan fingerprint density at radius 3 is 1.20 bits per heavy atom. The molecule has 718 valence electrons. The summed E-state index contributed by atoms with van der Waals surface area (Å²) in [5.74, 6) is 3.93. The number of fused-ring (bicyclic) bond motifs is 9. The van der Waals surface area contributed by atoms with E-state index in [1.807, 2.05) is 39.2 Å². The second-order valence-corrected chi connectivity index (χ2v) is 45.9. The number of amides is 3. The highest BCUT2D eigenvalue weighted by Gasteiger charge is 2.70. The Bertz CT molecular complexity index is 5570. The van der Waals surface area contributed by atoms with Crippen molar-refractivity contribution in [2.45, 2.75) is 247 Å². The maximum Gasteiger partial charge on any atom is 0.264 e. The average molecular weight is 2050 g/mol. The van der Waals surface area contributed by atoms with E-state index in [1.165, 1.54) is 149 Å². The molecule has 7 fully saturated rings. The van der Waals surface area contributed by atoms with Crippen molar-refractivity contribution in [3.05, 3.63) is 204 Å². The van der Waals surface area contributed by atoms with Crippen molar-refractivity contribution in [2.24, 2.45) is 55.5 Å². The lowest BCUT2D eigenvalue weighted by Gasteiger charge is -2.46. The Morgan fingerprint density at radius 2 is 0.842 bits per heavy atom. The van der Waals surface area contributed by atoms with Gasteiger partial charge in [0.05, 0.1) is 123 Å². The SMILES string of the molecule is CN.COC1CCC2(CC1)Cc1ccc(CCC3CC3)cc1C21N=C(N)N(Cc2cscn2)C1=O.COC1CCC2(CC1)Cc1ccc(CCC3CC3)cc1C21N=C(SCc2cscn2)N(Cc2cscn2)C1=O.COC1CCC2(CC1)Cc1ccc(CCC3CC3)cc1C21NC(=S)NC1=O.CS(=O)(=O)OCc1cscn1.CS(=O)(=O)OCc1cscn1.ClCCl.OCc1cscn1. The molecule has 0 radical (unpaired) electrons. The quantitative estimate of drug-likeness (QED) is 0.0201. The number of carbonyl (C=O) groups excluding carboxylic acids is 3. The van der Waals surface area contributed by atoms with Crippen LogP contribution in [0.15, 0.2) is 130 Å². The normalized spacial score (nSPS) is 25.6. The van der Waals surface area contributed by atoms with Gasteiger partial charge in [-0.3, -0.25) is 32.5 Å². The third-order valence-corrected chi connectivity index (χ3v) is 33.9. The third kappa shape index (κ3) is 24.3. The lowest BCUT2D eigenvalue weighted by molar-refractivity contribution is -0.139. The molecule has 9 aromatic rings. The van der Waals surface area contributed by atoms with Crippen LogP contribution < -0.4 is 22.1 Å². The van der Waals surface area contributed by atoms with E-state index in [1.54, 1.807) is 86.4 Å². The van der Waals surface area contributed by atoms with Crippen LogP contribution in [-0.4, -0.2) is 160 Å². The molecule has 6 saturated carbocycles. The number of benzene rings is 3. The van der Waals surface area contributed by atoms with Crippen molar-refractivity contribution in [3.8, 4) is 0 Å². The minimum atomic E-state index is -3.34. The van der Waals surface area contributed by atoms with Crippen molar-refractivity contribution in [3.63, 3.8) is 0 Å². The molecule has 3 atom stereocenters. The van der Waals surface area contributed by atoms with Crippen molar-refractivity contribution < 1.29 is 58.9 Å². The lowest BCUT2D eigenvalue weighted by atomic mass is 9.61. The highest BCUT2D eigenvalue weighted by atomic mass is 35.5. The summed E-state index contributed by atoms with van der Waals surface area (Å²) in [6.45, 7) is 0.960. The van der Waals surface area contributed by atoms with Crippen LogP contribution in [-0.2, 0) is 151 Å². The first kappa shape index (κ1) is 102. The van der Waals surface area contributed by atoms with Crippen molar-refractivity contribution in [1.82, 2.24) is 50.3 Å². The van der Waals surface area contributed by atoms with Crippen LogP contribution in [0, 0.1) is 34.0 Å². The Labute approximate surface area is 824 Å². The molecule has 6 aromatic heterocycles. The van der Waals surface area contributed by atoms with Crippen LogP contribution in [0.4, 0.5) is 0 Å². The van der Waals surface area contributed by atoms with Gasteiger partial charge in [-0.05, 0) is 222 Å². The number of thiocarbonyl (C=S) groups is 1. The molecule has 3 aromatic carbocycles. The van der Waals surface area contributed by atoms with E-state index in [2.05, 4.69) is 115 Å². The zero-order chi connectivity index (χ0) is 94.2. The van der Waals surface area contributed by atoms with Gasteiger partial charge in [0, 0.05) is 75.6 Å². The average Bonchev–Trinajstić information content (AvgIpc) is 1.46. The fourth-order valence-corrected chi connectivity index (χ4v) is 25.8. The van der Waals surface area contributed by atoms with E-state index >= 15 is 0 Å². The highest BCUT2D eigenvalue weighted by Crippen LogP contribution is 2.65. The van der Waals surface area contributed by atoms with Gasteiger partial charge in [0.15, 0.2) is 32.9 Å². The van der Waals surface area contributed by atoms with E-state index in [4.69, 9.17) is 70.5 Å². The monoisotopic (exact) mass is 2040 g/mol. The third-order valence-electron chi connectivity index (χ3n) is 27.8. The molecule has 9 heterocycles. The van der Waals surface area contributed by atoms with Gasteiger partial charge in [-0.1, -0.05) is 105 Å². The molecule has 0 bridgehead atoms. The minimum Gasteiger partial charge on any atom is -0.390 e. The van der Waals surface area contributed by atoms with Crippen LogP contribution in [0.1, 0.15) is 219 Å². The Kier molecular flexibility index (Phi) is 35.4. The number of amidine groups is 1. The summed E-state index contributed by atoms with van der Waals surface area (Å²) in [7, 11) is 0.231. The molecule has 21 rings (SSSR count). The molecule has 27 nitrogen and oxygen atoms in total. The Hall–Kier alpha value is -6.57. The second-order valence-electron chi connectivity index (χ2n) is 36.2. The molecule has 12 aliphatic rings. The van der Waals surface area contributed by atoms with Crippen LogP contribution in [0.25, 0.3) is 0 Å². The standard InChI is InChI=1S/C30H34N4O2S3.C26H32N4O2S.C22H28N2O2S.2C5H7NO3S2.C4H5NOS.CH2Cl2.CH5N/c1-36-25-8-10-29(11-9-25)13-22-7-6-21(5-4-20-2-3-20)12-26(22)30(29)27(35)34(14-23-15-37-18-31-23)28(33-30)39-17-24-16-38-19-32-24;1-32-21-8-10-25(11-9-21)13-19-7-6-18(5-4-17-2-3-17)12-22(19)26(25)23(31)30(24(27)29-26)14-20-15-33-16-28-20;1-26-17-8-10-21(11-9-17)13-16-7-6-15(5-4-14-2-3-14)12-18(16)22(21)19(25)23-20(27)24-22;2*1-11(7,8)9-2-5-3-10-4-6-5;6-1-4-2-7-3-5-4;2-1-3;1-2/h6-7,12,15-16,18-20,25H,2-5,8-11,13-14,17H2,1H3;6-7,12,15-17,21H,2-5,8-11,13-14H2,1H3,(H2,27,29);6-7,12,14,17H,2-5,8-11,13H2,1H3,(H2,23,24,25,27);2*3-4H,2H2,1H3;2-3,6H,1H2;1H2;2H2,1H3. The fourth-order valence-electron chi connectivity index (χ4n) is 20.5. The number of thioether (sulfide) groups is 1. The number of guanidine groups is 1. The number of hydrogen-bond acceptors (Lipinski definition) is 31. The van der Waals surface area contributed by atoms with Crippen LogP contribution in [0.5, 0.6) is 0 Å². The topological polar surface area (TPSA) is 371 Å². The number of thiazole rings is 6. The first-order chi connectivity index (χ1) is 64.2. The molecule has 1 saturated heterocycles. The summed E-state index contributed by atoms with van der Waals surface area (Å²) in [4.78, 5) is 81.7. The van der Waals surface area contributed by atoms with E-state index in [0.717, 1.165) is 185 Å². The zero-order valence-electron chi connectivity index (χ0n) is 75.9. The predicted molar refractivity (Wildman–Crippen MR) is 534 cm³/mol. The number of rotatable bonds is 25. The number of aliphatic hydroxyl groups excluding tert-OH is 1. The van der Waals surface area contributed by atoms with Gasteiger partial charge >= 0.3 is 0 Å². The maximum absolute atomic E-state index is 14.9. The van der Waals surface area contributed by atoms with Crippen LogP contribution in [0.3, 0.4) is 0 Å². The summed E-state index contributed by atoms with van der Waals surface area (Å²) in [6, 6.07) is 20.6. The number of nitrogens with one attached hydrogen (secondary N) is 2. The largest absolute Gasteiger partial charge is 0.390 e. The molecule has 3 amide bonds. The van der Waals surface area contributed by atoms with E-state index < -0.39 is 36.9 Å². The minimum absolute atomic E-state index is 0.0296. The Balaban J connectivity index is 0.000000137. The number of ether oxygens (including phenoxy) is 3. The number of alkyl halides is 2. The van der Waals surface area contributed by atoms with Crippen LogP contribution in [0.2, 0.25) is 0 Å². The molecule has 9 aliphatic carbocycles. The number of aliphatic imine (C=N–C) groups is 2. The number of hydrogen-bond donors (Lipinski definition) is 5. The number of aliphatic hydroxyl groups is 1. The van der Waals surface area contributed by atoms with Gasteiger partial charge in [-0.2, -0.15) is 16.8 Å². The van der Waals surface area contributed by atoms with Gasteiger partial charge in [-0.15, -0.1) is 91.2 Å². The van der Waals surface area contributed by atoms with Gasteiger partial charge in [0.1, 0.15) is 13.2 Å². The molecule has 6 spiro atoms. The lowest BCUT2D eigenvalue weighted by Crippen LogP contribution is -2.56. The van der Waals surface area contributed by atoms with Gasteiger partial charge in [0.2, 0.25) is 0 Å².